The van der Waals surface area contributed by atoms with Crippen LogP contribution in [0.1, 0.15) is 24.5 Å². The van der Waals surface area contributed by atoms with E-state index in [0.717, 1.165) is 6.42 Å². The molecule has 1 aliphatic carbocycles. The van der Waals surface area contributed by atoms with E-state index in [-0.39, 0.29) is 0 Å². The van der Waals surface area contributed by atoms with Gasteiger partial charge in [0.15, 0.2) is 0 Å². The van der Waals surface area contributed by atoms with Crippen LogP contribution in [0.25, 0.3) is 6.08 Å². The van der Waals surface area contributed by atoms with Gasteiger partial charge in [0.05, 0.1) is 0 Å². The van der Waals surface area contributed by atoms with Gasteiger partial charge in [-0.25, -0.2) is 0 Å². The van der Waals surface area contributed by atoms with Crippen LogP contribution in [0.3, 0.4) is 0 Å². The van der Waals surface area contributed by atoms with Crippen LogP contribution in [0.2, 0.25) is 0 Å². The molecule has 0 spiro atoms. The summed E-state index contributed by atoms with van der Waals surface area (Å²) in [5, 5.41) is 0. The Balaban J connectivity index is 2.18. The molecule has 0 fully saturated rings. The van der Waals surface area contributed by atoms with Crippen LogP contribution in [0.15, 0.2) is 53.6 Å². The molecule has 1 aromatic rings. The molecule has 0 N–H and O–H groups in total. The molecule has 15 heavy (non-hydrogen) atoms. The van der Waals surface area contributed by atoms with Crippen molar-refractivity contribution in [3.8, 4) is 0 Å². The van der Waals surface area contributed by atoms with Gasteiger partial charge in [-0.15, -0.1) is 0 Å². The Morgan fingerprint density at radius 2 is 1.73 bits per heavy atom. The molecular formula is C15H16. The summed E-state index contributed by atoms with van der Waals surface area (Å²) in [6.45, 7) is 4.25. The van der Waals surface area contributed by atoms with Gasteiger partial charge in [-0.2, -0.15) is 0 Å². The van der Waals surface area contributed by atoms with Crippen LogP contribution >= 0.6 is 0 Å². The Bertz CT molecular complexity index is 428. The largest absolute Gasteiger partial charge is 0.0772 e. The molecule has 0 heterocycles. The van der Waals surface area contributed by atoms with Gasteiger partial charge in [0, 0.05) is 0 Å². The summed E-state index contributed by atoms with van der Waals surface area (Å²) < 4.78 is 0. The van der Waals surface area contributed by atoms with Crippen LogP contribution in [0.4, 0.5) is 0 Å². The Kier molecular flexibility index (Phi) is 2.86. The lowest BCUT2D eigenvalue weighted by Crippen LogP contribution is -1.85. The Hall–Kier alpha value is -1.56. The third kappa shape index (κ3) is 2.69. The molecule has 0 saturated carbocycles. The summed E-state index contributed by atoms with van der Waals surface area (Å²) in [7, 11) is 0. The second-order valence-electron chi connectivity index (χ2n) is 4.12. The standard InChI is InChI=1S/C15H16/c1-12-3-7-14(8-4-12)11-15-9-5-13(2)6-10-15/h3-9,11H,10H2,1-2H3/b15-11+. The summed E-state index contributed by atoms with van der Waals surface area (Å²) in [5.74, 6) is 0. The third-order valence-electron chi connectivity index (χ3n) is 2.65. The fourth-order valence-corrected chi connectivity index (χ4v) is 1.64. The van der Waals surface area contributed by atoms with E-state index in [9.17, 15) is 0 Å². The van der Waals surface area contributed by atoms with E-state index in [2.05, 4.69) is 62.4 Å². The smallest absolute Gasteiger partial charge is 0.00915 e. The summed E-state index contributed by atoms with van der Waals surface area (Å²) in [5.41, 5.74) is 5.33. The van der Waals surface area contributed by atoms with Crippen molar-refractivity contribution in [3.63, 3.8) is 0 Å². The Morgan fingerprint density at radius 1 is 1.00 bits per heavy atom. The van der Waals surface area contributed by atoms with Crippen LogP contribution in [-0.4, -0.2) is 0 Å². The maximum atomic E-state index is 2.26. The summed E-state index contributed by atoms with van der Waals surface area (Å²) in [6, 6.07) is 8.64. The molecule has 0 radical (unpaired) electrons. The summed E-state index contributed by atoms with van der Waals surface area (Å²) >= 11 is 0. The first-order chi connectivity index (χ1) is 7.24. The fourth-order valence-electron chi connectivity index (χ4n) is 1.64. The molecule has 0 unspecified atom stereocenters. The van der Waals surface area contributed by atoms with E-state index < -0.39 is 0 Å². The molecule has 1 aromatic carbocycles. The van der Waals surface area contributed by atoms with Crippen molar-refractivity contribution in [2.24, 2.45) is 0 Å². The van der Waals surface area contributed by atoms with Gasteiger partial charge in [-0.1, -0.05) is 59.7 Å². The van der Waals surface area contributed by atoms with Crippen molar-refractivity contribution in [3.05, 3.63) is 64.8 Å². The molecule has 0 aliphatic heterocycles. The fraction of sp³-hybridized carbons (Fsp3) is 0.200. The predicted octanol–water partition coefficient (Wildman–Crippen LogP) is 4.28. The quantitative estimate of drug-likeness (QED) is 0.628. The number of benzene rings is 1. The van der Waals surface area contributed by atoms with Crippen LogP contribution in [-0.2, 0) is 0 Å². The summed E-state index contributed by atoms with van der Waals surface area (Å²) in [6.07, 6.45) is 9.94. The molecular weight excluding hydrogens is 180 g/mol. The lowest BCUT2D eigenvalue weighted by molar-refractivity contribution is 1.23. The number of aryl methyl sites for hydroxylation is 1. The zero-order valence-electron chi connectivity index (χ0n) is 9.33. The van der Waals surface area contributed by atoms with E-state index in [4.69, 9.17) is 0 Å². The normalized spacial score (nSPS) is 18.0. The first-order valence-electron chi connectivity index (χ1n) is 5.36. The average Bonchev–Trinajstić information content (AvgIpc) is 2.25. The van der Waals surface area contributed by atoms with E-state index in [1.54, 1.807) is 0 Å². The second-order valence-corrected chi connectivity index (χ2v) is 4.12. The molecule has 2 rings (SSSR count). The van der Waals surface area contributed by atoms with Gasteiger partial charge in [-0.05, 0) is 31.4 Å². The molecule has 0 atom stereocenters. The lowest BCUT2D eigenvalue weighted by atomic mass is 10.0. The minimum Gasteiger partial charge on any atom is -0.0772 e. The van der Waals surface area contributed by atoms with Crippen molar-refractivity contribution in [2.45, 2.75) is 20.3 Å². The monoisotopic (exact) mass is 196 g/mol. The highest BCUT2D eigenvalue weighted by molar-refractivity contribution is 5.58. The third-order valence-corrected chi connectivity index (χ3v) is 2.65. The summed E-state index contributed by atoms with van der Waals surface area (Å²) in [4.78, 5) is 0. The number of hydrogen-bond donors (Lipinski definition) is 0. The van der Waals surface area contributed by atoms with Gasteiger partial charge < -0.3 is 0 Å². The van der Waals surface area contributed by atoms with Crippen LogP contribution in [0, 0.1) is 6.92 Å². The van der Waals surface area contributed by atoms with Gasteiger partial charge in [0.2, 0.25) is 0 Å². The second kappa shape index (κ2) is 4.31. The first-order valence-corrected chi connectivity index (χ1v) is 5.36. The van der Waals surface area contributed by atoms with Gasteiger partial charge in [0.1, 0.15) is 0 Å². The number of rotatable bonds is 1. The Morgan fingerprint density at radius 3 is 2.33 bits per heavy atom. The minimum absolute atomic E-state index is 1.05. The highest BCUT2D eigenvalue weighted by Gasteiger charge is 1.97. The zero-order chi connectivity index (χ0) is 10.7. The maximum absolute atomic E-state index is 2.26. The minimum atomic E-state index is 1.05. The molecule has 0 heteroatoms. The van der Waals surface area contributed by atoms with Crippen molar-refractivity contribution >= 4 is 6.08 Å². The van der Waals surface area contributed by atoms with E-state index in [1.165, 1.54) is 22.3 Å². The van der Waals surface area contributed by atoms with Gasteiger partial charge in [-0.3, -0.25) is 0 Å². The van der Waals surface area contributed by atoms with E-state index >= 15 is 0 Å². The van der Waals surface area contributed by atoms with Gasteiger partial charge in [0.25, 0.3) is 0 Å². The van der Waals surface area contributed by atoms with Crippen molar-refractivity contribution in [1.82, 2.24) is 0 Å². The highest BCUT2D eigenvalue weighted by atomic mass is 14.0. The number of hydrogen-bond acceptors (Lipinski definition) is 0. The highest BCUT2D eigenvalue weighted by Crippen LogP contribution is 2.18. The van der Waals surface area contributed by atoms with Crippen molar-refractivity contribution in [1.29, 1.82) is 0 Å². The zero-order valence-corrected chi connectivity index (χ0v) is 9.33. The van der Waals surface area contributed by atoms with Crippen LogP contribution < -0.4 is 0 Å². The molecule has 76 valence electrons. The molecule has 0 bridgehead atoms. The molecule has 0 aromatic heterocycles. The SMILES string of the molecule is CC1=CC/C(=C/c2ccc(C)cc2)C=C1. The van der Waals surface area contributed by atoms with Crippen LogP contribution in [0.5, 0.6) is 0 Å². The molecule has 1 aliphatic rings. The van der Waals surface area contributed by atoms with Gasteiger partial charge >= 0.3 is 0 Å². The lowest BCUT2D eigenvalue weighted by Gasteiger charge is -2.05. The average molecular weight is 196 g/mol. The molecule has 0 saturated heterocycles. The molecule has 0 amide bonds. The topological polar surface area (TPSA) is 0 Å². The molecule has 0 nitrogen and oxygen atoms in total. The first kappa shape index (κ1) is 9.97. The maximum Gasteiger partial charge on any atom is -0.00915 e. The predicted molar refractivity (Wildman–Crippen MR) is 66.7 cm³/mol. The van der Waals surface area contributed by atoms with Crippen molar-refractivity contribution < 1.29 is 0 Å². The van der Waals surface area contributed by atoms with Crippen molar-refractivity contribution in [2.75, 3.05) is 0 Å². The Labute approximate surface area is 91.6 Å². The van der Waals surface area contributed by atoms with E-state index in [0.29, 0.717) is 0 Å². The van der Waals surface area contributed by atoms with E-state index in [1.807, 2.05) is 0 Å². The number of allylic oxidation sites excluding steroid dienone is 5.